The fraction of sp³-hybridized carbons (Fsp3) is 0.357. The minimum Gasteiger partial charge on any atom is -0.481 e. The van der Waals surface area contributed by atoms with Gasteiger partial charge in [0.1, 0.15) is 0 Å². The summed E-state index contributed by atoms with van der Waals surface area (Å²) in [5.41, 5.74) is 1.36. The monoisotopic (exact) mass is 295 g/mol. The molecule has 2 heterocycles. The molecule has 0 amide bonds. The minimum atomic E-state index is -0.771. The number of rotatable bonds is 7. The molecule has 0 aliphatic rings. The van der Waals surface area contributed by atoms with Gasteiger partial charge < -0.3 is 10.4 Å². The van der Waals surface area contributed by atoms with Crippen LogP contribution in [0, 0.1) is 0 Å². The molecule has 3 nitrogen and oxygen atoms in total. The standard InChI is InChI=1S/C14H17NO2S2/c1-10(6-11-4-5-18-9-11)15-8-13-3-2-12(19-13)7-14(16)17/h2-5,9-10,15H,6-8H2,1H3,(H,16,17). The molecule has 0 spiro atoms. The Balaban J connectivity index is 1.78. The average Bonchev–Trinajstić information content (AvgIpc) is 2.97. The summed E-state index contributed by atoms with van der Waals surface area (Å²) in [7, 11) is 0. The van der Waals surface area contributed by atoms with E-state index < -0.39 is 5.97 Å². The highest BCUT2D eigenvalue weighted by Gasteiger charge is 2.07. The van der Waals surface area contributed by atoms with Crippen molar-refractivity contribution in [2.75, 3.05) is 0 Å². The second-order valence-electron chi connectivity index (χ2n) is 4.56. The summed E-state index contributed by atoms with van der Waals surface area (Å²) in [4.78, 5) is 12.7. The second kappa shape index (κ2) is 6.84. The lowest BCUT2D eigenvalue weighted by Gasteiger charge is -2.11. The third kappa shape index (κ3) is 4.78. The molecule has 1 unspecified atom stereocenters. The summed E-state index contributed by atoms with van der Waals surface area (Å²) in [6, 6.07) is 6.48. The molecule has 102 valence electrons. The Morgan fingerprint density at radius 1 is 1.37 bits per heavy atom. The Morgan fingerprint density at radius 3 is 2.84 bits per heavy atom. The first kappa shape index (κ1) is 14.2. The first-order valence-electron chi connectivity index (χ1n) is 6.17. The summed E-state index contributed by atoms with van der Waals surface area (Å²) < 4.78 is 0. The lowest BCUT2D eigenvalue weighted by atomic mass is 10.1. The van der Waals surface area contributed by atoms with Gasteiger partial charge in [0, 0.05) is 22.3 Å². The van der Waals surface area contributed by atoms with Crippen molar-refractivity contribution in [3.63, 3.8) is 0 Å². The summed E-state index contributed by atoms with van der Waals surface area (Å²) in [5.74, 6) is -0.771. The van der Waals surface area contributed by atoms with Crippen LogP contribution >= 0.6 is 22.7 Å². The summed E-state index contributed by atoms with van der Waals surface area (Å²) in [5, 5.41) is 16.5. The van der Waals surface area contributed by atoms with Gasteiger partial charge >= 0.3 is 5.97 Å². The number of carboxylic acid groups (broad SMARTS) is 1. The van der Waals surface area contributed by atoms with Crippen molar-refractivity contribution in [1.82, 2.24) is 5.32 Å². The number of thiophene rings is 2. The summed E-state index contributed by atoms with van der Waals surface area (Å²) >= 11 is 3.29. The van der Waals surface area contributed by atoms with Gasteiger partial charge in [-0.3, -0.25) is 4.79 Å². The molecule has 0 aliphatic carbocycles. The van der Waals surface area contributed by atoms with Gasteiger partial charge in [0.2, 0.25) is 0 Å². The van der Waals surface area contributed by atoms with E-state index in [0.29, 0.717) is 6.04 Å². The predicted octanol–water partition coefficient (Wildman–Crippen LogP) is 3.16. The van der Waals surface area contributed by atoms with E-state index in [-0.39, 0.29) is 6.42 Å². The second-order valence-corrected chi connectivity index (χ2v) is 6.59. The molecule has 0 fully saturated rings. The normalized spacial score (nSPS) is 12.5. The first-order chi connectivity index (χ1) is 9.13. The van der Waals surface area contributed by atoms with Crippen LogP contribution in [0.25, 0.3) is 0 Å². The number of carbonyl (C=O) groups is 1. The number of carboxylic acids is 1. The topological polar surface area (TPSA) is 49.3 Å². The van der Waals surface area contributed by atoms with Crippen molar-refractivity contribution >= 4 is 28.6 Å². The van der Waals surface area contributed by atoms with Gasteiger partial charge in [0.05, 0.1) is 6.42 Å². The molecular formula is C14H17NO2S2. The zero-order valence-corrected chi connectivity index (χ0v) is 12.4. The van der Waals surface area contributed by atoms with Gasteiger partial charge in [-0.05, 0) is 47.9 Å². The van der Waals surface area contributed by atoms with Crippen molar-refractivity contribution < 1.29 is 9.90 Å². The Hall–Kier alpha value is -1.17. The third-order valence-electron chi connectivity index (χ3n) is 2.79. The largest absolute Gasteiger partial charge is 0.481 e. The summed E-state index contributed by atoms with van der Waals surface area (Å²) in [6.45, 7) is 2.97. The highest BCUT2D eigenvalue weighted by atomic mass is 32.1. The van der Waals surface area contributed by atoms with Crippen LogP contribution < -0.4 is 5.32 Å². The van der Waals surface area contributed by atoms with Crippen LogP contribution in [-0.2, 0) is 24.2 Å². The maximum atomic E-state index is 10.6. The van der Waals surface area contributed by atoms with Gasteiger partial charge in [-0.1, -0.05) is 0 Å². The average molecular weight is 295 g/mol. The molecule has 0 radical (unpaired) electrons. The van der Waals surface area contributed by atoms with E-state index in [1.54, 1.807) is 22.7 Å². The number of aliphatic carboxylic acids is 1. The maximum absolute atomic E-state index is 10.6. The lowest BCUT2D eigenvalue weighted by Crippen LogP contribution is -2.26. The van der Waals surface area contributed by atoms with Crippen molar-refractivity contribution in [3.05, 3.63) is 44.3 Å². The molecule has 0 aromatic carbocycles. The molecule has 0 bridgehead atoms. The van der Waals surface area contributed by atoms with Crippen molar-refractivity contribution in [1.29, 1.82) is 0 Å². The van der Waals surface area contributed by atoms with Crippen molar-refractivity contribution in [2.45, 2.75) is 32.4 Å². The Bertz CT molecular complexity index is 519. The van der Waals surface area contributed by atoms with Gasteiger partial charge in [0.25, 0.3) is 0 Å². The van der Waals surface area contributed by atoms with Gasteiger partial charge in [-0.25, -0.2) is 0 Å². The van der Waals surface area contributed by atoms with Crippen LogP contribution in [0.2, 0.25) is 0 Å². The quantitative estimate of drug-likeness (QED) is 0.825. The maximum Gasteiger partial charge on any atom is 0.308 e. The molecule has 2 aromatic rings. The smallest absolute Gasteiger partial charge is 0.308 e. The molecule has 0 saturated heterocycles. The zero-order valence-electron chi connectivity index (χ0n) is 10.8. The third-order valence-corrected chi connectivity index (χ3v) is 4.61. The van der Waals surface area contributed by atoms with E-state index in [9.17, 15) is 4.79 Å². The lowest BCUT2D eigenvalue weighted by molar-refractivity contribution is -0.136. The Labute approximate surface area is 120 Å². The van der Waals surface area contributed by atoms with Crippen LogP contribution in [0.1, 0.15) is 22.2 Å². The minimum absolute atomic E-state index is 0.120. The number of hydrogen-bond donors (Lipinski definition) is 2. The Morgan fingerprint density at radius 2 is 2.16 bits per heavy atom. The molecule has 0 saturated carbocycles. The predicted molar refractivity (Wildman–Crippen MR) is 80.0 cm³/mol. The molecule has 19 heavy (non-hydrogen) atoms. The SMILES string of the molecule is CC(Cc1ccsc1)NCc1ccc(CC(=O)O)s1. The molecule has 0 aliphatic heterocycles. The fourth-order valence-corrected chi connectivity index (χ4v) is 3.51. The van der Waals surface area contributed by atoms with Crippen molar-refractivity contribution in [3.8, 4) is 0 Å². The van der Waals surface area contributed by atoms with Crippen LogP contribution in [0.5, 0.6) is 0 Å². The van der Waals surface area contributed by atoms with E-state index in [1.807, 2.05) is 12.1 Å². The number of hydrogen-bond acceptors (Lipinski definition) is 4. The molecule has 2 aromatic heterocycles. The van der Waals surface area contributed by atoms with E-state index in [4.69, 9.17) is 5.11 Å². The molecule has 2 rings (SSSR count). The van der Waals surface area contributed by atoms with Crippen molar-refractivity contribution in [2.24, 2.45) is 0 Å². The Kier molecular flexibility index (Phi) is 5.13. The number of nitrogens with one attached hydrogen (secondary N) is 1. The van der Waals surface area contributed by atoms with Gasteiger partial charge in [-0.15, -0.1) is 11.3 Å². The molecular weight excluding hydrogens is 278 g/mol. The van der Waals surface area contributed by atoms with Crippen LogP contribution in [0.3, 0.4) is 0 Å². The molecule has 2 N–H and O–H groups in total. The highest BCUT2D eigenvalue weighted by molar-refractivity contribution is 7.12. The van der Waals surface area contributed by atoms with Crippen LogP contribution in [0.15, 0.2) is 29.0 Å². The first-order valence-corrected chi connectivity index (χ1v) is 7.93. The molecule has 1 atom stereocenters. The zero-order chi connectivity index (χ0) is 13.7. The van der Waals surface area contributed by atoms with Crippen LogP contribution in [0.4, 0.5) is 0 Å². The highest BCUT2D eigenvalue weighted by Crippen LogP contribution is 2.17. The van der Waals surface area contributed by atoms with E-state index in [2.05, 4.69) is 29.1 Å². The van der Waals surface area contributed by atoms with E-state index >= 15 is 0 Å². The van der Waals surface area contributed by atoms with E-state index in [1.165, 1.54) is 10.4 Å². The molecule has 5 heteroatoms. The van der Waals surface area contributed by atoms with E-state index in [0.717, 1.165) is 17.8 Å². The van der Waals surface area contributed by atoms with Crippen LogP contribution in [-0.4, -0.2) is 17.1 Å². The summed E-state index contributed by atoms with van der Waals surface area (Å²) in [6.07, 6.45) is 1.14. The fourth-order valence-electron chi connectivity index (χ4n) is 1.87. The van der Waals surface area contributed by atoms with Gasteiger partial charge in [-0.2, -0.15) is 11.3 Å². The van der Waals surface area contributed by atoms with Gasteiger partial charge in [0.15, 0.2) is 0 Å².